The lowest BCUT2D eigenvalue weighted by atomic mass is 10.0. The fourth-order valence-corrected chi connectivity index (χ4v) is 2.58. The van der Waals surface area contributed by atoms with Crippen LogP contribution in [-0.4, -0.2) is 16.3 Å². The van der Waals surface area contributed by atoms with Crippen molar-refractivity contribution in [3.8, 4) is 0 Å². The molecule has 0 aliphatic carbocycles. The quantitative estimate of drug-likeness (QED) is 0.879. The molecule has 20 heavy (non-hydrogen) atoms. The molecule has 0 spiro atoms. The summed E-state index contributed by atoms with van der Waals surface area (Å²) in [4.78, 5) is 0. The molecule has 0 aliphatic rings. The molecule has 108 valence electrons. The normalized spacial score (nSPS) is 12.7. The molecule has 0 radical (unpaired) electrons. The average Bonchev–Trinajstić information content (AvgIpc) is 2.72. The third-order valence-electron chi connectivity index (χ3n) is 3.77. The van der Waals surface area contributed by atoms with Crippen LogP contribution in [0.15, 0.2) is 30.3 Å². The topological polar surface area (TPSA) is 29.9 Å². The van der Waals surface area contributed by atoms with E-state index in [0.29, 0.717) is 12.0 Å². The molecule has 1 unspecified atom stereocenters. The van der Waals surface area contributed by atoms with E-state index in [2.05, 4.69) is 80.0 Å². The fourth-order valence-electron chi connectivity index (χ4n) is 2.58. The second-order valence-corrected chi connectivity index (χ2v) is 5.78. The third-order valence-corrected chi connectivity index (χ3v) is 3.77. The molecule has 1 atom stereocenters. The van der Waals surface area contributed by atoms with E-state index in [0.717, 1.165) is 12.2 Å². The minimum absolute atomic E-state index is 0.399. The Labute approximate surface area is 122 Å². The van der Waals surface area contributed by atoms with Gasteiger partial charge in [-0.2, -0.15) is 5.10 Å². The molecular weight excluding hydrogens is 246 g/mol. The van der Waals surface area contributed by atoms with Crippen molar-refractivity contribution in [1.29, 1.82) is 0 Å². The van der Waals surface area contributed by atoms with Gasteiger partial charge >= 0.3 is 0 Å². The predicted octanol–water partition coefficient (Wildman–Crippen LogP) is 4.30. The minimum atomic E-state index is 0.399. The first-order valence-electron chi connectivity index (χ1n) is 7.35. The van der Waals surface area contributed by atoms with Gasteiger partial charge in [0.15, 0.2) is 0 Å². The van der Waals surface area contributed by atoms with Crippen LogP contribution in [0.1, 0.15) is 49.7 Å². The van der Waals surface area contributed by atoms with Gasteiger partial charge in [0.25, 0.3) is 0 Å². The van der Waals surface area contributed by atoms with Gasteiger partial charge in [-0.1, -0.05) is 37.3 Å². The van der Waals surface area contributed by atoms with Crippen LogP contribution in [0.2, 0.25) is 0 Å². The monoisotopic (exact) mass is 271 g/mol. The average molecular weight is 271 g/mol. The van der Waals surface area contributed by atoms with Crippen molar-refractivity contribution in [2.24, 2.45) is 0 Å². The standard InChI is InChI=1S/C17H25N3/c1-12(2)20-15(5)17(14(4)19-20)18-11-13(3)16-9-7-6-8-10-16/h6-10,12-13,18H,11H2,1-5H3. The number of nitrogens with one attached hydrogen (secondary N) is 1. The molecule has 1 aromatic carbocycles. The number of hydrogen-bond acceptors (Lipinski definition) is 2. The van der Waals surface area contributed by atoms with Crippen LogP contribution in [0.4, 0.5) is 5.69 Å². The zero-order valence-electron chi connectivity index (χ0n) is 13.1. The summed E-state index contributed by atoms with van der Waals surface area (Å²) in [7, 11) is 0. The molecule has 1 heterocycles. The Kier molecular flexibility index (Phi) is 4.48. The van der Waals surface area contributed by atoms with Gasteiger partial charge in [0.1, 0.15) is 0 Å². The molecule has 1 aromatic heterocycles. The van der Waals surface area contributed by atoms with E-state index in [9.17, 15) is 0 Å². The van der Waals surface area contributed by atoms with Crippen molar-refractivity contribution in [2.75, 3.05) is 11.9 Å². The summed E-state index contributed by atoms with van der Waals surface area (Å²) in [5, 5.41) is 8.19. The van der Waals surface area contributed by atoms with E-state index in [-0.39, 0.29) is 0 Å². The zero-order valence-corrected chi connectivity index (χ0v) is 13.1. The maximum atomic E-state index is 4.61. The summed E-state index contributed by atoms with van der Waals surface area (Å²) in [5.41, 5.74) is 4.85. The summed E-state index contributed by atoms with van der Waals surface area (Å²) in [6, 6.07) is 11.0. The Balaban J connectivity index is 2.08. The Bertz CT molecular complexity index is 555. The molecule has 3 nitrogen and oxygen atoms in total. The molecule has 0 saturated carbocycles. The van der Waals surface area contributed by atoms with Crippen molar-refractivity contribution < 1.29 is 0 Å². The fraction of sp³-hybridized carbons (Fsp3) is 0.471. The molecule has 0 amide bonds. The van der Waals surface area contributed by atoms with Crippen molar-refractivity contribution in [3.05, 3.63) is 47.3 Å². The number of aromatic nitrogens is 2. The molecule has 3 heteroatoms. The van der Waals surface area contributed by atoms with Crippen molar-refractivity contribution in [2.45, 2.75) is 46.6 Å². The molecule has 0 bridgehead atoms. The van der Waals surface area contributed by atoms with E-state index in [4.69, 9.17) is 0 Å². The smallest absolute Gasteiger partial charge is 0.0828 e. The van der Waals surface area contributed by atoms with Gasteiger partial charge < -0.3 is 5.32 Å². The molecule has 0 aliphatic heterocycles. The Hall–Kier alpha value is -1.77. The van der Waals surface area contributed by atoms with Gasteiger partial charge in [-0.25, -0.2) is 0 Å². The number of rotatable bonds is 5. The predicted molar refractivity (Wildman–Crippen MR) is 85.4 cm³/mol. The van der Waals surface area contributed by atoms with Crippen molar-refractivity contribution in [1.82, 2.24) is 9.78 Å². The molecule has 1 N–H and O–H groups in total. The minimum Gasteiger partial charge on any atom is -0.381 e. The van der Waals surface area contributed by atoms with Gasteiger partial charge in [0.2, 0.25) is 0 Å². The molecule has 2 rings (SSSR count). The largest absolute Gasteiger partial charge is 0.381 e. The van der Waals surface area contributed by atoms with E-state index >= 15 is 0 Å². The SMILES string of the molecule is Cc1nn(C(C)C)c(C)c1NCC(C)c1ccccc1. The maximum absolute atomic E-state index is 4.61. The van der Waals surface area contributed by atoms with Crippen LogP contribution in [0.25, 0.3) is 0 Å². The van der Waals surface area contributed by atoms with E-state index in [1.807, 2.05) is 0 Å². The number of anilines is 1. The van der Waals surface area contributed by atoms with Crippen LogP contribution in [0.5, 0.6) is 0 Å². The maximum Gasteiger partial charge on any atom is 0.0828 e. The Morgan fingerprint density at radius 2 is 1.75 bits per heavy atom. The van der Waals surface area contributed by atoms with Crippen LogP contribution < -0.4 is 5.32 Å². The summed E-state index contributed by atoms with van der Waals surface area (Å²) >= 11 is 0. The van der Waals surface area contributed by atoms with Crippen LogP contribution in [0.3, 0.4) is 0 Å². The van der Waals surface area contributed by atoms with Crippen molar-refractivity contribution >= 4 is 5.69 Å². The van der Waals surface area contributed by atoms with E-state index in [1.165, 1.54) is 16.9 Å². The van der Waals surface area contributed by atoms with Crippen LogP contribution >= 0.6 is 0 Å². The molecule has 0 fully saturated rings. The lowest BCUT2D eigenvalue weighted by molar-refractivity contribution is 0.516. The molecule has 2 aromatic rings. The highest BCUT2D eigenvalue weighted by Gasteiger charge is 2.14. The second kappa shape index (κ2) is 6.12. The number of benzene rings is 1. The van der Waals surface area contributed by atoms with Gasteiger partial charge in [0, 0.05) is 12.6 Å². The molecular formula is C17H25N3. The first-order chi connectivity index (χ1) is 9.50. The summed E-state index contributed by atoms with van der Waals surface area (Å²) in [6.45, 7) is 11.7. The summed E-state index contributed by atoms with van der Waals surface area (Å²) in [6.07, 6.45) is 0. The summed E-state index contributed by atoms with van der Waals surface area (Å²) in [5.74, 6) is 0.484. The first-order valence-corrected chi connectivity index (χ1v) is 7.35. The third kappa shape index (κ3) is 3.03. The van der Waals surface area contributed by atoms with Crippen LogP contribution in [0, 0.1) is 13.8 Å². The second-order valence-electron chi connectivity index (χ2n) is 5.78. The highest BCUT2D eigenvalue weighted by atomic mass is 15.3. The van der Waals surface area contributed by atoms with Gasteiger partial charge in [-0.05, 0) is 39.2 Å². The highest BCUT2D eigenvalue weighted by molar-refractivity contribution is 5.52. The van der Waals surface area contributed by atoms with Gasteiger partial charge in [0.05, 0.1) is 17.1 Å². The molecule has 0 saturated heterocycles. The van der Waals surface area contributed by atoms with Gasteiger partial charge in [-0.15, -0.1) is 0 Å². The van der Waals surface area contributed by atoms with Crippen molar-refractivity contribution in [3.63, 3.8) is 0 Å². The number of hydrogen-bond donors (Lipinski definition) is 1. The number of aryl methyl sites for hydroxylation is 1. The van der Waals surface area contributed by atoms with E-state index < -0.39 is 0 Å². The van der Waals surface area contributed by atoms with Crippen LogP contribution in [-0.2, 0) is 0 Å². The number of nitrogens with zero attached hydrogens (tertiary/aromatic N) is 2. The highest BCUT2D eigenvalue weighted by Crippen LogP contribution is 2.24. The van der Waals surface area contributed by atoms with Gasteiger partial charge in [-0.3, -0.25) is 4.68 Å². The Morgan fingerprint density at radius 1 is 1.10 bits per heavy atom. The lowest BCUT2D eigenvalue weighted by Crippen LogP contribution is -2.11. The summed E-state index contributed by atoms with van der Waals surface area (Å²) < 4.78 is 2.09. The first kappa shape index (κ1) is 14.6. The Morgan fingerprint density at radius 3 is 2.30 bits per heavy atom. The van der Waals surface area contributed by atoms with E-state index in [1.54, 1.807) is 0 Å². The lowest BCUT2D eigenvalue weighted by Gasteiger charge is -2.15. The zero-order chi connectivity index (χ0) is 14.7.